The molecule has 4 rings (SSSR count). The van der Waals surface area contributed by atoms with E-state index in [4.69, 9.17) is 10.3 Å². The summed E-state index contributed by atoms with van der Waals surface area (Å²) in [5.74, 6) is 0.903. The second kappa shape index (κ2) is 6.62. The highest BCUT2D eigenvalue weighted by atomic mass is 16.5. The van der Waals surface area contributed by atoms with Gasteiger partial charge in [-0.2, -0.15) is 0 Å². The number of hydrogen-bond acceptors (Lipinski definition) is 6. The lowest BCUT2D eigenvalue weighted by Crippen LogP contribution is -2.30. The molecule has 0 amide bonds. The van der Waals surface area contributed by atoms with Gasteiger partial charge in [-0.25, -0.2) is 15.0 Å². The smallest absolute Gasteiger partial charge is 0.220 e. The second-order valence-electron chi connectivity index (χ2n) is 6.23. The van der Waals surface area contributed by atoms with Gasteiger partial charge in [0, 0.05) is 24.6 Å². The number of anilines is 1. The van der Waals surface area contributed by atoms with Crippen molar-refractivity contribution in [3.63, 3.8) is 0 Å². The topological polar surface area (TPSA) is 105 Å². The van der Waals surface area contributed by atoms with Crippen molar-refractivity contribution in [2.24, 2.45) is 5.11 Å². The molecular weight excluding hydrogens is 308 g/mol. The molecule has 1 unspecified atom stereocenters. The van der Waals surface area contributed by atoms with Gasteiger partial charge in [-0.1, -0.05) is 0 Å². The van der Waals surface area contributed by atoms with E-state index in [0.29, 0.717) is 5.65 Å². The fourth-order valence-corrected chi connectivity index (χ4v) is 3.46. The van der Waals surface area contributed by atoms with Crippen LogP contribution in [0.3, 0.4) is 0 Å². The molecule has 4 heterocycles. The van der Waals surface area contributed by atoms with Crippen molar-refractivity contribution in [2.75, 3.05) is 24.6 Å². The molecule has 126 valence electrons. The zero-order valence-corrected chi connectivity index (χ0v) is 13.5. The van der Waals surface area contributed by atoms with Crippen LogP contribution in [0.1, 0.15) is 44.8 Å². The van der Waals surface area contributed by atoms with E-state index in [1.54, 1.807) is 6.33 Å². The van der Waals surface area contributed by atoms with Crippen LogP contribution in [0.5, 0.6) is 0 Å². The number of ether oxygens (including phenoxy) is 1. The maximum atomic E-state index is 8.78. The lowest BCUT2D eigenvalue weighted by atomic mass is 10.1. The summed E-state index contributed by atoms with van der Waals surface area (Å²) in [6.07, 6.45) is 8.35. The highest BCUT2D eigenvalue weighted by molar-refractivity contribution is 5.84. The first-order chi connectivity index (χ1) is 11.9. The van der Waals surface area contributed by atoms with Crippen molar-refractivity contribution < 1.29 is 4.74 Å². The summed E-state index contributed by atoms with van der Waals surface area (Å²) in [6.45, 7) is 2.63. The van der Waals surface area contributed by atoms with Gasteiger partial charge in [0.15, 0.2) is 17.0 Å². The average molecular weight is 328 g/mol. The summed E-state index contributed by atoms with van der Waals surface area (Å²) in [7, 11) is 0. The molecule has 1 atom stereocenters. The quantitative estimate of drug-likeness (QED) is 0.487. The Morgan fingerprint density at radius 1 is 1.17 bits per heavy atom. The fourth-order valence-electron chi connectivity index (χ4n) is 3.46. The van der Waals surface area contributed by atoms with Gasteiger partial charge in [0.1, 0.15) is 6.23 Å². The molecule has 0 radical (unpaired) electrons. The molecule has 9 nitrogen and oxygen atoms in total. The van der Waals surface area contributed by atoms with E-state index >= 15 is 0 Å². The first kappa shape index (κ1) is 15.2. The third-order valence-corrected chi connectivity index (χ3v) is 4.65. The van der Waals surface area contributed by atoms with E-state index in [-0.39, 0.29) is 12.2 Å². The Morgan fingerprint density at radius 2 is 2.04 bits per heavy atom. The van der Waals surface area contributed by atoms with Crippen LogP contribution in [0.4, 0.5) is 11.8 Å². The van der Waals surface area contributed by atoms with Gasteiger partial charge in [-0.15, -0.1) is 0 Å². The molecule has 24 heavy (non-hydrogen) atoms. The Hall–Kier alpha value is -2.38. The maximum absolute atomic E-state index is 8.78. The Bertz CT molecular complexity index is 769. The molecule has 2 aromatic rings. The van der Waals surface area contributed by atoms with Gasteiger partial charge in [0.25, 0.3) is 0 Å². The summed E-state index contributed by atoms with van der Waals surface area (Å²) in [6, 6.07) is 0. The monoisotopic (exact) mass is 328 g/mol. The Balaban J connectivity index is 1.82. The van der Waals surface area contributed by atoms with Crippen molar-refractivity contribution in [3.05, 3.63) is 16.8 Å². The van der Waals surface area contributed by atoms with Crippen molar-refractivity contribution in [3.8, 4) is 0 Å². The normalized spacial score (nSPS) is 21.7. The Labute approximate surface area is 139 Å². The number of azide groups is 1. The zero-order valence-electron chi connectivity index (χ0n) is 13.5. The molecule has 2 saturated heterocycles. The predicted octanol–water partition coefficient (Wildman–Crippen LogP) is 3.46. The van der Waals surface area contributed by atoms with E-state index in [1.807, 2.05) is 4.57 Å². The first-order valence-electron chi connectivity index (χ1n) is 8.53. The van der Waals surface area contributed by atoms with Crippen molar-refractivity contribution in [1.82, 2.24) is 19.5 Å². The van der Waals surface area contributed by atoms with Gasteiger partial charge >= 0.3 is 0 Å². The summed E-state index contributed by atoms with van der Waals surface area (Å²) < 4.78 is 7.81. The Morgan fingerprint density at radius 3 is 2.79 bits per heavy atom. The maximum Gasteiger partial charge on any atom is 0.220 e. The van der Waals surface area contributed by atoms with Crippen molar-refractivity contribution >= 4 is 22.9 Å². The molecule has 0 N–H and O–H groups in total. The first-order valence-corrected chi connectivity index (χ1v) is 8.53. The predicted molar refractivity (Wildman–Crippen MR) is 89.0 cm³/mol. The van der Waals surface area contributed by atoms with E-state index in [9.17, 15) is 0 Å². The van der Waals surface area contributed by atoms with Crippen molar-refractivity contribution in [1.29, 1.82) is 0 Å². The van der Waals surface area contributed by atoms with E-state index in [2.05, 4.69) is 29.9 Å². The minimum atomic E-state index is -0.0632. The van der Waals surface area contributed by atoms with Crippen LogP contribution in [0.15, 0.2) is 11.4 Å². The molecule has 2 fully saturated rings. The Kier molecular flexibility index (Phi) is 4.18. The minimum Gasteiger partial charge on any atom is -0.358 e. The summed E-state index contributed by atoms with van der Waals surface area (Å²) in [4.78, 5) is 18.5. The fraction of sp³-hybridized carbons (Fsp3) is 0.667. The number of fused-ring (bicyclic) bond motifs is 1. The number of rotatable bonds is 3. The van der Waals surface area contributed by atoms with E-state index in [1.165, 1.54) is 6.42 Å². The van der Waals surface area contributed by atoms with Crippen LogP contribution in [0.2, 0.25) is 0 Å². The molecule has 0 aliphatic carbocycles. The molecule has 2 aliphatic heterocycles. The van der Waals surface area contributed by atoms with Crippen LogP contribution in [0.25, 0.3) is 21.6 Å². The lowest BCUT2D eigenvalue weighted by Gasteiger charge is -2.28. The number of piperidine rings is 1. The third kappa shape index (κ3) is 2.76. The van der Waals surface area contributed by atoms with Gasteiger partial charge in [-0.05, 0) is 49.2 Å². The third-order valence-electron chi connectivity index (χ3n) is 4.65. The molecule has 9 heteroatoms. The molecule has 0 spiro atoms. The largest absolute Gasteiger partial charge is 0.358 e. The van der Waals surface area contributed by atoms with Gasteiger partial charge in [0.05, 0.1) is 6.33 Å². The molecule has 0 bridgehead atoms. The van der Waals surface area contributed by atoms with Crippen LogP contribution in [-0.2, 0) is 4.74 Å². The zero-order chi connectivity index (χ0) is 16.4. The van der Waals surface area contributed by atoms with Gasteiger partial charge < -0.3 is 9.64 Å². The average Bonchev–Trinajstić information content (AvgIpc) is 3.07. The van der Waals surface area contributed by atoms with Crippen LogP contribution < -0.4 is 4.90 Å². The number of imidazole rings is 1. The van der Waals surface area contributed by atoms with Crippen LogP contribution >= 0.6 is 0 Å². The van der Waals surface area contributed by atoms with Crippen LogP contribution in [-0.4, -0.2) is 39.2 Å². The number of nitrogens with zero attached hydrogens (tertiary/aromatic N) is 8. The molecule has 0 saturated carbocycles. The van der Waals surface area contributed by atoms with Gasteiger partial charge in [-0.3, -0.25) is 4.57 Å². The molecule has 2 aromatic heterocycles. The van der Waals surface area contributed by atoms with E-state index in [0.717, 1.165) is 63.1 Å². The van der Waals surface area contributed by atoms with E-state index < -0.39 is 0 Å². The summed E-state index contributed by atoms with van der Waals surface area (Å²) in [5.41, 5.74) is 10.2. The highest BCUT2D eigenvalue weighted by Gasteiger charge is 2.23. The summed E-state index contributed by atoms with van der Waals surface area (Å²) >= 11 is 0. The molecular formula is C15H20N8O. The standard InChI is InChI=1S/C15H20N8O/c16-21-20-15-18-13(22-7-3-1-4-8-22)12-14(19-15)23(10-17-12)11-6-2-5-9-24-11/h10-11H,1-9H2. The molecule has 0 aromatic carbocycles. The SMILES string of the molecule is [N-]=[N+]=Nc1nc(N2CCCCC2)c2ncn(C3CCCCO3)c2n1. The number of aromatic nitrogens is 4. The highest BCUT2D eigenvalue weighted by Crippen LogP contribution is 2.31. The van der Waals surface area contributed by atoms with Gasteiger partial charge in [0.2, 0.25) is 5.95 Å². The van der Waals surface area contributed by atoms with Crippen molar-refractivity contribution in [2.45, 2.75) is 44.8 Å². The number of hydrogen-bond donors (Lipinski definition) is 0. The summed E-state index contributed by atoms with van der Waals surface area (Å²) in [5, 5.41) is 3.63. The second-order valence-corrected chi connectivity index (χ2v) is 6.23. The minimum absolute atomic E-state index is 0.0632. The lowest BCUT2D eigenvalue weighted by molar-refractivity contribution is -0.0298. The van der Waals surface area contributed by atoms with Crippen LogP contribution in [0, 0.1) is 0 Å². The molecule has 2 aliphatic rings.